The van der Waals surface area contributed by atoms with E-state index < -0.39 is 5.97 Å². The first-order chi connectivity index (χ1) is 8.49. The van der Waals surface area contributed by atoms with Crippen LogP contribution in [0.5, 0.6) is 0 Å². The average Bonchev–Trinajstić information content (AvgIpc) is 2.33. The molecule has 0 saturated heterocycles. The maximum absolute atomic E-state index is 11.4. The van der Waals surface area contributed by atoms with Gasteiger partial charge in [-0.3, -0.25) is 4.79 Å². The SMILES string of the molecule is C=C(C)C(=O)OCC(=O)NCc1cccc(N)c1. The zero-order chi connectivity index (χ0) is 13.5. The predicted molar refractivity (Wildman–Crippen MR) is 68.5 cm³/mol. The van der Waals surface area contributed by atoms with Gasteiger partial charge in [-0.05, 0) is 24.6 Å². The molecular formula is C13H16N2O3. The van der Waals surface area contributed by atoms with Crippen molar-refractivity contribution in [1.82, 2.24) is 5.32 Å². The fourth-order valence-electron chi connectivity index (χ4n) is 1.21. The van der Waals surface area contributed by atoms with Crippen LogP contribution in [-0.2, 0) is 20.9 Å². The van der Waals surface area contributed by atoms with Crippen LogP contribution in [0.3, 0.4) is 0 Å². The Morgan fingerprint density at radius 1 is 1.44 bits per heavy atom. The Balaban J connectivity index is 2.33. The number of amides is 1. The standard InChI is InChI=1S/C13H16N2O3/c1-9(2)13(17)18-8-12(16)15-7-10-4-3-5-11(14)6-10/h3-6H,1,7-8,14H2,2H3,(H,15,16). The maximum atomic E-state index is 11.4. The average molecular weight is 248 g/mol. The van der Waals surface area contributed by atoms with Gasteiger partial charge in [0.25, 0.3) is 5.91 Å². The van der Waals surface area contributed by atoms with E-state index in [1.54, 1.807) is 18.2 Å². The lowest BCUT2D eigenvalue weighted by atomic mass is 10.2. The monoisotopic (exact) mass is 248 g/mol. The van der Waals surface area contributed by atoms with Crippen LogP contribution in [0.4, 0.5) is 5.69 Å². The molecule has 0 aliphatic heterocycles. The summed E-state index contributed by atoms with van der Waals surface area (Å²) in [5.74, 6) is -0.943. The first-order valence-corrected chi connectivity index (χ1v) is 5.43. The Bertz CT molecular complexity index is 469. The molecule has 0 atom stereocenters. The molecule has 0 unspecified atom stereocenters. The summed E-state index contributed by atoms with van der Waals surface area (Å²) in [7, 11) is 0. The van der Waals surface area contributed by atoms with E-state index in [2.05, 4.69) is 11.9 Å². The van der Waals surface area contributed by atoms with Crippen LogP contribution in [0.2, 0.25) is 0 Å². The molecule has 1 amide bonds. The summed E-state index contributed by atoms with van der Waals surface area (Å²) in [6, 6.07) is 7.18. The van der Waals surface area contributed by atoms with Crippen LogP contribution in [0, 0.1) is 0 Å². The molecule has 0 aliphatic rings. The van der Waals surface area contributed by atoms with E-state index in [4.69, 9.17) is 10.5 Å². The Morgan fingerprint density at radius 2 is 2.17 bits per heavy atom. The third kappa shape index (κ3) is 4.69. The van der Waals surface area contributed by atoms with Gasteiger partial charge in [-0.25, -0.2) is 4.79 Å². The van der Waals surface area contributed by atoms with E-state index in [0.717, 1.165) is 5.56 Å². The van der Waals surface area contributed by atoms with E-state index >= 15 is 0 Å². The summed E-state index contributed by atoms with van der Waals surface area (Å²) < 4.78 is 4.70. The normalized spacial score (nSPS) is 9.61. The Hall–Kier alpha value is -2.30. The van der Waals surface area contributed by atoms with Crippen molar-refractivity contribution in [3.8, 4) is 0 Å². The minimum Gasteiger partial charge on any atom is -0.452 e. The number of rotatable bonds is 5. The highest BCUT2D eigenvalue weighted by Gasteiger charge is 2.07. The van der Waals surface area contributed by atoms with E-state index in [-0.39, 0.29) is 18.1 Å². The van der Waals surface area contributed by atoms with Gasteiger partial charge in [0, 0.05) is 17.8 Å². The second kappa shape index (κ2) is 6.44. The third-order valence-electron chi connectivity index (χ3n) is 2.12. The number of hydrogen-bond donors (Lipinski definition) is 2. The smallest absolute Gasteiger partial charge is 0.333 e. The molecule has 1 rings (SSSR count). The van der Waals surface area contributed by atoms with E-state index in [9.17, 15) is 9.59 Å². The molecule has 0 spiro atoms. The van der Waals surface area contributed by atoms with Gasteiger partial charge < -0.3 is 15.8 Å². The first kappa shape index (κ1) is 13.8. The summed E-state index contributed by atoms with van der Waals surface area (Å²) in [6.07, 6.45) is 0. The number of anilines is 1. The molecule has 0 saturated carbocycles. The van der Waals surface area contributed by atoms with Crippen LogP contribution >= 0.6 is 0 Å². The molecule has 3 N–H and O–H groups in total. The molecule has 0 aromatic heterocycles. The zero-order valence-electron chi connectivity index (χ0n) is 10.2. The second-order valence-corrected chi connectivity index (χ2v) is 3.88. The van der Waals surface area contributed by atoms with Crippen molar-refractivity contribution in [2.24, 2.45) is 0 Å². The number of carbonyl (C=O) groups is 2. The van der Waals surface area contributed by atoms with Gasteiger partial charge >= 0.3 is 5.97 Å². The van der Waals surface area contributed by atoms with Crippen LogP contribution in [0.1, 0.15) is 12.5 Å². The fourth-order valence-corrected chi connectivity index (χ4v) is 1.21. The molecule has 0 radical (unpaired) electrons. The van der Waals surface area contributed by atoms with Crippen LogP contribution < -0.4 is 11.1 Å². The van der Waals surface area contributed by atoms with Crippen molar-refractivity contribution in [3.05, 3.63) is 42.0 Å². The molecule has 1 aromatic rings. The number of ether oxygens (including phenoxy) is 1. The minimum absolute atomic E-state index is 0.263. The van der Waals surface area contributed by atoms with Gasteiger partial charge in [0.15, 0.2) is 6.61 Å². The summed E-state index contributed by atoms with van der Waals surface area (Å²) in [5, 5.41) is 2.62. The highest BCUT2D eigenvalue weighted by molar-refractivity contribution is 5.89. The Labute approximate surface area is 106 Å². The van der Waals surface area contributed by atoms with E-state index in [1.807, 2.05) is 6.07 Å². The van der Waals surface area contributed by atoms with Gasteiger partial charge in [-0.1, -0.05) is 18.7 Å². The largest absolute Gasteiger partial charge is 0.452 e. The van der Waals surface area contributed by atoms with E-state index in [0.29, 0.717) is 12.2 Å². The van der Waals surface area contributed by atoms with Crippen LogP contribution in [0.15, 0.2) is 36.4 Å². The fraction of sp³-hybridized carbons (Fsp3) is 0.231. The number of nitrogens with two attached hydrogens (primary N) is 1. The third-order valence-corrected chi connectivity index (χ3v) is 2.12. The number of carbonyl (C=O) groups excluding carboxylic acids is 2. The number of hydrogen-bond acceptors (Lipinski definition) is 4. The zero-order valence-corrected chi connectivity index (χ0v) is 10.2. The lowest BCUT2D eigenvalue weighted by Gasteiger charge is -2.07. The molecule has 5 heteroatoms. The molecule has 0 aliphatic carbocycles. The van der Waals surface area contributed by atoms with Crippen molar-refractivity contribution in [2.75, 3.05) is 12.3 Å². The number of benzene rings is 1. The van der Waals surface area contributed by atoms with Crippen molar-refractivity contribution < 1.29 is 14.3 Å². The maximum Gasteiger partial charge on any atom is 0.333 e. The van der Waals surface area contributed by atoms with Crippen molar-refractivity contribution in [2.45, 2.75) is 13.5 Å². The van der Waals surface area contributed by atoms with Gasteiger partial charge in [0.1, 0.15) is 0 Å². The van der Waals surface area contributed by atoms with Gasteiger partial charge in [0.2, 0.25) is 0 Å². The highest BCUT2D eigenvalue weighted by Crippen LogP contribution is 2.05. The van der Waals surface area contributed by atoms with Crippen molar-refractivity contribution in [3.63, 3.8) is 0 Å². The van der Waals surface area contributed by atoms with Crippen molar-refractivity contribution in [1.29, 1.82) is 0 Å². The molecule has 1 aromatic carbocycles. The second-order valence-electron chi connectivity index (χ2n) is 3.88. The number of esters is 1. The quantitative estimate of drug-likeness (QED) is 0.463. The molecule has 0 fully saturated rings. The summed E-state index contributed by atoms with van der Waals surface area (Å²) in [6.45, 7) is 4.97. The van der Waals surface area contributed by atoms with Gasteiger partial charge in [0.05, 0.1) is 0 Å². The van der Waals surface area contributed by atoms with Gasteiger partial charge in [-0.15, -0.1) is 0 Å². The summed E-state index contributed by atoms with van der Waals surface area (Å²) in [4.78, 5) is 22.4. The topological polar surface area (TPSA) is 81.4 Å². The van der Waals surface area contributed by atoms with Crippen LogP contribution in [0.25, 0.3) is 0 Å². The first-order valence-electron chi connectivity index (χ1n) is 5.43. The molecule has 0 bridgehead atoms. The molecule has 5 nitrogen and oxygen atoms in total. The highest BCUT2D eigenvalue weighted by atomic mass is 16.5. The minimum atomic E-state index is -0.575. The molecule has 18 heavy (non-hydrogen) atoms. The lowest BCUT2D eigenvalue weighted by Crippen LogP contribution is -2.28. The summed E-state index contributed by atoms with van der Waals surface area (Å²) >= 11 is 0. The Kier molecular flexibility index (Phi) is 4.92. The van der Waals surface area contributed by atoms with Crippen molar-refractivity contribution >= 4 is 17.6 Å². The van der Waals surface area contributed by atoms with E-state index in [1.165, 1.54) is 6.92 Å². The summed E-state index contributed by atoms with van der Waals surface area (Å²) in [5.41, 5.74) is 7.39. The predicted octanol–water partition coefficient (Wildman–Crippen LogP) is 1.00. The number of nitrogens with one attached hydrogen (secondary N) is 1. The Morgan fingerprint density at radius 3 is 2.78 bits per heavy atom. The van der Waals surface area contributed by atoms with Crippen LogP contribution in [-0.4, -0.2) is 18.5 Å². The molecular weight excluding hydrogens is 232 g/mol. The molecule has 96 valence electrons. The lowest BCUT2D eigenvalue weighted by molar-refractivity contribution is -0.144. The number of nitrogen functional groups attached to an aromatic ring is 1. The van der Waals surface area contributed by atoms with Gasteiger partial charge in [-0.2, -0.15) is 0 Å². The molecule has 0 heterocycles.